The highest BCUT2D eigenvalue weighted by Gasteiger charge is 2.18. The van der Waals surface area contributed by atoms with Crippen LogP contribution >= 0.6 is 0 Å². The summed E-state index contributed by atoms with van der Waals surface area (Å²) in [5.41, 5.74) is 1.80. The van der Waals surface area contributed by atoms with Gasteiger partial charge in [0.25, 0.3) is 10.0 Å². The van der Waals surface area contributed by atoms with Crippen LogP contribution in [0.25, 0.3) is 11.0 Å². The Bertz CT molecular complexity index is 1320. The van der Waals surface area contributed by atoms with Crippen molar-refractivity contribution in [2.75, 3.05) is 4.72 Å². The first kappa shape index (κ1) is 17.9. The molecule has 0 atom stereocenters. The number of anilines is 1. The Hall–Kier alpha value is -3.52. The van der Waals surface area contributed by atoms with E-state index in [9.17, 15) is 13.2 Å². The van der Waals surface area contributed by atoms with Crippen molar-refractivity contribution in [1.29, 1.82) is 0 Å². The molecule has 0 aliphatic carbocycles. The van der Waals surface area contributed by atoms with E-state index in [0.29, 0.717) is 28.2 Å². The molecule has 0 radical (unpaired) electrons. The second-order valence-electron chi connectivity index (χ2n) is 6.26. The Balaban J connectivity index is 1.68. The Kier molecular flexibility index (Phi) is 4.40. The van der Waals surface area contributed by atoms with Crippen LogP contribution in [0.2, 0.25) is 0 Å². The van der Waals surface area contributed by atoms with Gasteiger partial charge in [-0.05, 0) is 48.9 Å². The van der Waals surface area contributed by atoms with E-state index in [1.54, 1.807) is 24.3 Å². The molecule has 142 valence electrons. The number of benzene rings is 3. The number of aromatic nitrogens is 2. The third kappa shape index (κ3) is 3.49. The summed E-state index contributed by atoms with van der Waals surface area (Å²) < 4.78 is 34.2. The van der Waals surface area contributed by atoms with Crippen molar-refractivity contribution >= 4 is 26.7 Å². The quantitative estimate of drug-likeness (QED) is 0.479. The molecular formula is C20H17N3O4S. The van der Waals surface area contributed by atoms with Gasteiger partial charge in [-0.25, -0.2) is 13.2 Å². The molecule has 8 heteroatoms. The summed E-state index contributed by atoms with van der Waals surface area (Å²) in [6, 6.07) is 18.7. The van der Waals surface area contributed by atoms with Crippen LogP contribution in [0.1, 0.15) is 5.56 Å². The normalized spacial score (nSPS) is 11.5. The largest absolute Gasteiger partial charge is 0.455 e. The highest BCUT2D eigenvalue weighted by molar-refractivity contribution is 7.92. The van der Waals surface area contributed by atoms with Crippen LogP contribution in [-0.2, 0) is 10.0 Å². The molecule has 0 aliphatic rings. The molecule has 0 aliphatic heterocycles. The molecule has 0 spiro atoms. The third-order valence-electron chi connectivity index (χ3n) is 4.24. The first-order valence-corrected chi connectivity index (χ1v) is 9.98. The predicted molar refractivity (Wildman–Crippen MR) is 107 cm³/mol. The second kappa shape index (κ2) is 6.90. The SMILES string of the molecule is Cc1ccccc1Oc1ccccc1NS(=O)(=O)c1ccc2[nH]c(=O)[nH]c2c1. The van der Waals surface area contributed by atoms with Gasteiger partial charge >= 0.3 is 5.69 Å². The van der Waals surface area contributed by atoms with Crippen LogP contribution in [0, 0.1) is 6.92 Å². The van der Waals surface area contributed by atoms with E-state index in [-0.39, 0.29) is 4.90 Å². The van der Waals surface area contributed by atoms with Crippen LogP contribution in [0.3, 0.4) is 0 Å². The van der Waals surface area contributed by atoms with Gasteiger partial charge in [0.05, 0.1) is 21.6 Å². The second-order valence-corrected chi connectivity index (χ2v) is 7.94. The molecule has 0 saturated heterocycles. The summed E-state index contributed by atoms with van der Waals surface area (Å²) in [6.45, 7) is 1.91. The number of sulfonamides is 1. The zero-order chi connectivity index (χ0) is 19.7. The number of hydrogen-bond acceptors (Lipinski definition) is 4. The van der Waals surface area contributed by atoms with Gasteiger partial charge in [-0.1, -0.05) is 30.3 Å². The van der Waals surface area contributed by atoms with Gasteiger partial charge in [-0.3, -0.25) is 4.72 Å². The van der Waals surface area contributed by atoms with Crippen molar-refractivity contribution in [2.24, 2.45) is 0 Å². The molecular weight excluding hydrogens is 378 g/mol. The Morgan fingerprint density at radius 1 is 0.857 bits per heavy atom. The van der Waals surface area contributed by atoms with Gasteiger partial charge in [0.15, 0.2) is 5.75 Å². The number of aromatic amines is 2. The summed E-state index contributed by atoms with van der Waals surface area (Å²) in [4.78, 5) is 16.6. The van der Waals surface area contributed by atoms with E-state index in [4.69, 9.17) is 4.74 Å². The number of hydrogen-bond donors (Lipinski definition) is 3. The maximum absolute atomic E-state index is 12.9. The fraction of sp³-hybridized carbons (Fsp3) is 0.0500. The summed E-state index contributed by atoms with van der Waals surface area (Å²) in [5.74, 6) is 1.02. The van der Waals surface area contributed by atoms with E-state index in [1.807, 2.05) is 31.2 Å². The molecule has 4 aromatic rings. The minimum Gasteiger partial charge on any atom is -0.455 e. The standard InChI is InChI=1S/C20H17N3O4S/c1-13-6-2-4-8-18(13)27-19-9-5-3-7-16(19)23-28(25,26)14-10-11-15-17(12-14)22-20(24)21-15/h2-12,23H,1H3,(H2,21,22,24). The lowest BCUT2D eigenvalue weighted by molar-refractivity contribution is 0.481. The van der Waals surface area contributed by atoms with Crippen LogP contribution < -0.4 is 15.1 Å². The summed E-state index contributed by atoms with van der Waals surface area (Å²) in [7, 11) is -3.89. The van der Waals surface area contributed by atoms with Crippen molar-refractivity contribution in [2.45, 2.75) is 11.8 Å². The van der Waals surface area contributed by atoms with E-state index < -0.39 is 15.7 Å². The zero-order valence-corrected chi connectivity index (χ0v) is 15.7. The summed E-state index contributed by atoms with van der Waals surface area (Å²) >= 11 is 0. The van der Waals surface area contributed by atoms with Crippen molar-refractivity contribution in [3.8, 4) is 11.5 Å². The summed E-state index contributed by atoms with van der Waals surface area (Å²) in [5, 5.41) is 0. The topological polar surface area (TPSA) is 104 Å². The molecule has 0 bridgehead atoms. The molecule has 28 heavy (non-hydrogen) atoms. The van der Waals surface area contributed by atoms with Crippen LogP contribution in [0.15, 0.2) is 76.4 Å². The molecule has 1 aromatic heterocycles. The number of H-pyrrole nitrogens is 2. The lowest BCUT2D eigenvalue weighted by atomic mass is 10.2. The molecule has 3 N–H and O–H groups in total. The number of ether oxygens (including phenoxy) is 1. The third-order valence-corrected chi connectivity index (χ3v) is 5.61. The molecule has 7 nitrogen and oxygen atoms in total. The monoisotopic (exact) mass is 395 g/mol. The van der Waals surface area contributed by atoms with Gasteiger partial charge in [0.1, 0.15) is 5.75 Å². The number of para-hydroxylation sites is 3. The Labute approximate surface area is 161 Å². The lowest BCUT2D eigenvalue weighted by Crippen LogP contribution is -2.13. The van der Waals surface area contributed by atoms with Crippen molar-refractivity contribution in [3.05, 3.63) is 82.8 Å². The van der Waals surface area contributed by atoms with Gasteiger partial charge < -0.3 is 14.7 Å². The van der Waals surface area contributed by atoms with Crippen molar-refractivity contribution in [1.82, 2.24) is 9.97 Å². The smallest absolute Gasteiger partial charge is 0.323 e. The molecule has 0 saturated carbocycles. The van der Waals surface area contributed by atoms with Crippen LogP contribution in [0.5, 0.6) is 11.5 Å². The van der Waals surface area contributed by atoms with Gasteiger partial charge in [-0.2, -0.15) is 0 Å². The fourth-order valence-electron chi connectivity index (χ4n) is 2.81. The molecule has 0 fully saturated rings. The maximum Gasteiger partial charge on any atom is 0.323 e. The van der Waals surface area contributed by atoms with Gasteiger partial charge in [0.2, 0.25) is 0 Å². The fourth-order valence-corrected chi connectivity index (χ4v) is 3.91. The van der Waals surface area contributed by atoms with E-state index in [2.05, 4.69) is 14.7 Å². The van der Waals surface area contributed by atoms with E-state index in [0.717, 1.165) is 5.56 Å². The number of aryl methyl sites for hydroxylation is 1. The Morgan fingerprint density at radius 3 is 2.32 bits per heavy atom. The van der Waals surface area contributed by atoms with Gasteiger partial charge in [0, 0.05) is 0 Å². The minimum atomic E-state index is -3.89. The number of nitrogens with one attached hydrogen (secondary N) is 3. The van der Waals surface area contributed by atoms with Gasteiger partial charge in [-0.15, -0.1) is 0 Å². The minimum absolute atomic E-state index is 0.0287. The van der Waals surface area contributed by atoms with Crippen LogP contribution in [0.4, 0.5) is 5.69 Å². The lowest BCUT2D eigenvalue weighted by Gasteiger charge is -2.14. The Morgan fingerprint density at radius 2 is 1.54 bits per heavy atom. The molecule has 1 heterocycles. The van der Waals surface area contributed by atoms with Crippen molar-refractivity contribution < 1.29 is 13.2 Å². The first-order chi connectivity index (χ1) is 13.4. The zero-order valence-electron chi connectivity index (χ0n) is 14.9. The molecule has 3 aromatic carbocycles. The molecule has 0 unspecified atom stereocenters. The number of imidazole rings is 1. The molecule has 4 rings (SSSR count). The number of fused-ring (bicyclic) bond motifs is 1. The highest BCUT2D eigenvalue weighted by Crippen LogP contribution is 2.32. The maximum atomic E-state index is 12.9. The summed E-state index contributed by atoms with van der Waals surface area (Å²) in [6.07, 6.45) is 0. The van der Waals surface area contributed by atoms with Crippen LogP contribution in [-0.4, -0.2) is 18.4 Å². The van der Waals surface area contributed by atoms with E-state index >= 15 is 0 Å². The highest BCUT2D eigenvalue weighted by atomic mass is 32.2. The van der Waals surface area contributed by atoms with Crippen molar-refractivity contribution in [3.63, 3.8) is 0 Å². The molecule has 0 amide bonds. The van der Waals surface area contributed by atoms with E-state index in [1.165, 1.54) is 18.2 Å². The number of rotatable bonds is 5. The predicted octanol–water partition coefficient (Wildman–Crippen LogP) is 3.76. The average Bonchev–Trinajstić information content (AvgIpc) is 3.04. The average molecular weight is 395 g/mol. The first-order valence-electron chi connectivity index (χ1n) is 8.50.